The summed E-state index contributed by atoms with van der Waals surface area (Å²) in [6, 6.07) is 2.72. The summed E-state index contributed by atoms with van der Waals surface area (Å²) in [5, 5.41) is 0.512. The third-order valence-corrected chi connectivity index (χ3v) is 3.30. The molecule has 1 aromatic rings. The Morgan fingerprint density at radius 3 is 2.56 bits per heavy atom. The van der Waals surface area contributed by atoms with Crippen molar-refractivity contribution in [1.29, 1.82) is 0 Å². The van der Waals surface area contributed by atoms with Crippen LogP contribution in [-0.4, -0.2) is 6.54 Å². The summed E-state index contributed by atoms with van der Waals surface area (Å²) < 4.78 is 13.4. The predicted octanol–water partition coefficient (Wildman–Crippen LogP) is 2.77. The molecule has 0 bridgehead atoms. The van der Waals surface area contributed by atoms with Crippen molar-refractivity contribution in [1.82, 2.24) is 0 Å². The molecule has 0 saturated carbocycles. The highest BCUT2D eigenvalue weighted by atomic mass is 35.5. The van der Waals surface area contributed by atoms with Crippen molar-refractivity contribution in [2.75, 3.05) is 6.54 Å². The van der Waals surface area contributed by atoms with E-state index in [1.54, 1.807) is 13.0 Å². The molecule has 4 heteroatoms. The smallest absolute Gasteiger partial charge is 0.126 e. The summed E-state index contributed by atoms with van der Waals surface area (Å²) in [5.74, 6) is -0.152. The zero-order valence-electron chi connectivity index (χ0n) is 9.63. The highest BCUT2D eigenvalue weighted by Crippen LogP contribution is 2.29. The largest absolute Gasteiger partial charge is 0.330 e. The SMILES string of the molecule is CCC(CN)C(N)c1cc(F)c(C)cc1Cl. The van der Waals surface area contributed by atoms with E-state index < -0.39 is 0 Å². The fourth-order valence-corrected chi connectivity index (χ4v) is 2.08. The number of nitrogens with two attached hydrogens (primary N) is 2. The number of benzene rings is 1. The van der Waals surface area contributed by atoms with Gasteiger partial charge in [-0.2, -0.15) is 0 Å². The average molecular weight is 245 g/mol. The van der Waals surface area contributed by atoms with Crippen LogP contribution >= 0.6 is 11.6 Å². The van der Waals surface area contributed by atoms with Crippen LogP contribution in [-0.2, 0) is 0 Å². The maximum absolute atomic E-state index is 13.4. The normalized spacial score (nSPS) is 14.9. The highest BCUT2D eigenvalue weighted by molar-refractivity contribution is 6.31. The molecule has 1 aromatic carbocycles. The second kappa shape index (κ2) is 5.62. The minimum absolute atomic E-state index is 0.125. The van der Waals surface area contributed by atoms with Gasteiger partial charge in [-0.15, -0.1) is 0 Å². The van der Waals surface area contributed by atoms with Crippen molar-refractivity contribution in [3.8, 4) is 0 Å². The molecule has 0 radical (unpaired) electrons. The summed E-state index contributed by atoms with van der Waals surface area (Å²) in [6.45, 7) is 4.16. The molecule has 0 saturated heterocycles. The van der Waals surface area contributed by atoms with Crippen LogP contribution in [0.5, 0.6) is 0 Å². The van der Waals surface area contributed by atoms with Crippen molar-refractivity contribution >= 4 is 11.6 Å². The molecule has 0 aliphatic heterocycles. The third-order valence-electron chi connectivity index (χ3n) is 2.97. The zero-order chi connectivity index (χ0) is 12.3. The number of hydrogen-bond donors (Lipinski definition) is 2. The molecule has 0 heterocycles. The van der Waals surface area contributed by atoms with Crippen LogP contribution in [0.2, 0.25) is 5.02 Å². The van der Waals surface area contributed by atoms with Crippen LogP contribution in [0.1, 0.15) is 30.5 Å². The number of hydrogen-bond acceptors (Lipinski definition) is 2. The van der Waals surface area contributed by atoms with E-state index in [0.717, 1.165) is 6.42 Å². The topological polar surface area (TPSA) is 52.0 Å². The Morgan fingerprint density at radius 2 is 2.06 bits per heavy atom. The summed E-state index contributed by atoms with van der Waals surface area (Å²) >= 11 is 6.07. The molecule has 2 unspecified atom stereocenters. The third kappa shape index (κ3) is 2.73. The molecule has 0 aliphatic rings. The van der Waals surface area contributed by atoms with Gasteiger partial charge >= 0.3 is 0 Å². The van der Waals surface area contributed by atoms with E-state index in [-0.39, 0.29) is 17.8 Å². The van der Waals surface area contributed by atoms with E-state index in [4.69, 9.17) is 23.1 Å². The van der Waals surface area contributed by atoms with Crippen molar-refractivity contribution < 1.29 is 4.39 Å². The Hall–Kier alpha value is -0.640. The lowest BCUT2D eigenvalue weighted by Crippen LogP contribution is -2.27. The first-order chi connectivity index (χ1) is 7.51. The van der Waals surface area contributed by atoms with Crippen molar-refractivity contribution in [2.24, 2.45) is 17.4 Å². The molecule has 2 atom stereocenters. The molecule has 0 fully saturated rings. The van der Waals surface area contributed by atoms with Gasteiger partial charge in [0.05, 0.1) is 0 Å². The fourth-order valence-electron chi connectivity index (χ4n) is 1.74. The first-order valence-electron chi connectivity index (χ1n) is 5.42. The second-order valence-corrected chi connectivity index (χ2v) is 4.46. The first-order valence-corrected chi connectivity index (χ1v) is 5.80. The standard InChI is InChI=1S/C12H18ClFN2/c1-3-8(6-15)12(16)9-5-11(14)7(2)4-10(9)13/h4-5,8,12H,3,6,15-16H2,1-2H3. The van der Waals surface area contributed by atoms with Crippen molar-refractivity contribution in [3.05, 3.63) is 34.1 Å². The molecule has 0 aliphatic carbocycles. The average Bonchev–Trinajstić information content (AvgIpc) is 2.25. The molecular weight excluding hydrogens is 227 g/mol. The van der Waals surface area contributed by atoms with Crippen LogP contribution in [0.15, 0.2) is 12.1 Å². The highest BCUT2D eigenvalue weighted by Gasteiger charge is 2.20. The fraction of sp³-hybridized carbons (Fsp3) is 0.500. The van der Waals surface area contributed by atoms with Crippen LogP contribution in [0, 0.1) is 18.7 Å². The Bertz CT molecular complexity index is 364. The zero-order valence-corrected chi connectivity index (χ0v) is 10.4. The minimum Gasteiger partial charge on any atom is -0.330 e. The van der Waals surface area contributed by atoms with E-state index in [2.05, 4.69) is 0 Å². The van der Waals surface area contributed by atoms with E-state index in [0.29, 0.717) is 22.7 Å². The van der Waals surface area contributed by atoms with Crippen molar-refractivity contribution in [2.45, 2.75) is 26.3 Å². The lowest BCUT2D eigenvalue weighted by molar-refractivity contribution is 0.426. The van der Waals surface area contributed by atoms with Crippen molar-refractivity contribution in [3.63, 3.8) is 0 Å². The van der Waals surface area contributed by atoms with Crippen LogP contribution in [0.4, 0.5) is 4.39 Å². The molecule has 2 nitrogen and oxygen atoms in total. The summed E-state index contributed by atoms with van der Waals surface area (Å²) in [6.07, 6.45) is 0.851. The van der Waals surface area contributed by atoms with Gasteiger partial charge in [0, 0.05) is 11.1 Å². The Morgan fingerprint density at radius 1 is 1.44 bits per heavy atom. The lowest BCUT2D eigenvalue weighted by atomic mass is 9.91. The van der Waals surface area contributed by atoms with Gasteiger partial charge in [0.25, 0.3) is 0 Å². The summed E-state index contributed by atoms with van der Waals surface area (Å²) in [7, 11) is 0. The predicted molar refractivity (Wildman–Crippen MR) is 65.9 cm³/mol. The number of halogens is 2. The van der Waals surface area contributed by atoms with Gasteiger partial charge in [0.15, 0.2) is 0 Å². The van der Waals surface area contributed by atoms with E-state index in [1.165, 1.54) is 6.07 Å². The quantitative estimate of drug-likeness (QED) is 0.856. The molecule has 1 rings (SSSR count). The van der Waals surface area contributed by atoms with E-state index >= 15 is 0 Å². The molecule has 0 spiro atoms. The van der Waals surface area contributed by atoms with E-state index in [9.17, 15) is 4.39 Å². The van der Waals surface area contributed by atoms with Gasteiger partial charge in [-0.25, -0.2) is 4.39 Å². The molecule has 0 aromatic heterocycles. The van der Waals surface area contributed by atoms with E-state index in [1.807, 2.05) is 6.92 Å². The molecule has 16 heavy (non-hydrogen) atoms. The minimum atomic E-state index is -0.308. The van der Waals surface area contributed by atoms with Gasteiger partial charge in [-0.3, -0.25) is 0 Å². The molecule has 0 amide bonds. The Balaban J connectivity index is 3.07. The van der Waals surface area contributed by atoms with Gasteiger partial charge in [0.1, 0.15) is 5.82 Å². The molecule has 90 valence electrons. The van der Waals surface area contributed by atoms with Gasteiger partial charge < -0.3 is 11.5 Å². The second-order valence-electron chi connectivity index (χ2n) is 4.05. The Kier molecular flexibility index (Phi) is 4.71. The van der Waals surface area contributed by atoms with Crippen LogP contribution in [0.25, 0.3) is 0 Å². The maximum Gasteiger partial charge on any atom is 0.126 e. The number of rotatable bonds is 4. The van der Waals surface area contributed by atoms with Crippen LogP contribution in [0.3, 0.4) is 0 Å². The maximum atomic E-state index is 13.4. The lowest BCUT2D eigenvalue weighted by Gasteiger charge is -2.22. The molecular formula is C12H18ClFN2. The Labute approximate surface area is 101 Å². The van der Waals surface area contributed by atoms with Gasteiger partial charge in [0.2, 0.25) is 0 Å². The monoisotopic (exact) mass is 244 g/mol. The summed E-state index contributed by atoms with van der Waals surface area (Å²) in [4.78, 5) is 0. The first kappa shape index (κ1) is 13.4. The summed E-state index contributed by atoms with van der Waals surface area (Å²) in [5.41, 5.74) is 12.8. The number of aryl methyl sites for hydroxylation is 1. The van der Waals surface area contributed by atoms with Gasteiger partial charge in [-0.1, -0.05) is 24.9 Å². The molecule has 4 N–H and O–H groups in total. The van der Waals surface area contributed by atoms with Gasteiger partial charge in [-0.05, 0) is 42.6 Å². The van der Waals surface area contributed by atoms with Crippen LogP contribution < -0.4 is 11.5 Å².